The Hall–Kier alpha value is -0.790. The minimum Gasteiger partial charge on any atom is -0.459 e. The molecule has 0 aliphatic heterocycles. The molecule has 32 heavy (non-hydrogen) atoms. The zero-order valence-corrected chi connectivity index (χ0v) is 20.7. The molecular weight excluding hydrogens is 392 g/mol. The molecule has 1 radical (unpaired) electrons. The van der Waals surface area contributed by atoms with E-state index in [1.165, 1.54) is 115 Å². The lowest BCUT2D eigenvalue weighted by molar-refractivity contribution is -0.182. The largest absolute Gasteiger partial charge is 0.459 e. The van der Waals surface area contributed by atoms with Gasteiger partial charge in [-0.15, -0.1) is 0 Å². The van der Waals surface area contributed by atoms with Gasteiger partial charge in [-0.1, -0.05) is 83.6 Å². The van der Waals surface area contributed by atoms with Gasteiger partial charge in [0.2, 0.25) is 0 Å². The minimum absolute atomic E-state index is 0.00417. The van der Waals surface area contributed by atoms with Gasteiger partial charge in [0.25, 0.3) is 0 Å². The quantitative estimate of drug-likeness (QED) is 0.238. The van der Waals surface area contributed by atoms with Crippen LogP contribution < -0.4 is 0 Å². The number of ether oxygens (including phenoxy) is 1. The predicted octanol–water partition coefficient (Wildman–Crippen LogP) is 8.06. The highest BCUT2D eigenvalue weighted by atomic mass is 16.5. The van der Waals surface area contributed by atoms with Crippen LogP contribution >= 0.6 is 0 Å². The summed E-state index contributed by atoms with van der Waals surface area (Å²) < 4.78 is 6.28. The summed E-state index contributed by atoms with van der Waals surface area (Å²) in [5.74, 6) is 6.62. The van der Waals surface area contributed by atoms with Gasteiger partial charge >= 0.3 is 5.97 Å². The first kappa shape index (κ1) is 23.0. The van der Waals surface area contributed by atoms with Gasteiger partial charge in [0, 0.05) is 11.5 Å². The Balaban J connectivity index is 1.58. The number of hydrogen-bond donors (Lipinski definition) is 0. The van der Waals surface area contributed by atoms with E-state index in [9.17, 15) is 4.79 Å². The maximum atomic E-state index is 12.5. The summed E-state index contributed by atoms with van der Waals surface area (Å²) in [5.41, 5.74) is 0.135. The molecule has 0 N–H and O–H groups in total. The molecule has 2 heteroatoms. The van der Waals surface area contributed by atoms with Crippen LogP contribution in [0.1, 0.15) is 116 Å². The van der Waals surface area contributed by atoms with Gasteiger partial charge in [-0.05, 0) is 80.5 Å². The molecule has 0 heterocycles. The lowest BCUT2D eigenvalue weighted by atomic mass is 9.38. The molecule has 6 fully saturated rings. The first-order chi connectivity index (χ1) is 15.6. The lowest BCUT2D eigenvalue weighted by Crippen LogP contribution is -2.63. The highest BCUT2D eigenvalue weighted by Crippen LogP contribution is 2.70. The molecular formula is C30H47O2. The standard InChI is InChI=1S/C30H47O2/c1-3-28(31)32-21(2)30(26-17-22-16-23(19-26)20-27(30)18-22)29(24-12-8-4-5-9-13-24)25-14-10-6-7-11-15-25/h3,21-26,29H,1,4-20H2,2H3. The SMILES string of the molecule is C=CC(=O)OC(C)C1(C(C2CCCCCC2)C2CCCCCC2)[C]2CC3CC(C2)CC1C3. The topological polar surface area (TPSA) is 26.3 Å². The third-order valence-corrected chi connectivity index (χ3v) is 10.8. The Labute approximate surface area is 197 Å². The second kappa shape index (κ2) is 9.83. The van der Waals surface area contributed by atoms with Gasteiger partial charge in [0.15, 0.2) is 0 Å². The Morgan fingerprint density at radius 1 is 0.875 bits per heavy atom. The number of hydrogen-bond acceptors (Lipinski definition) is 2. The number of carbonyl (C=O) groups is 1. The summed E-state index contributed by atoms with van der Waals surface area (Å²) >= 11 is 0. The van der Waals surface area contributed by atoms with E-state index in [-0.39, 0.29) is 17.5 Å². The molecule has 0 spiro atoms. The molecule has 2 nitrogen and oxygen atoms in total. The number of esters is 1. The van der Waals surface area contributed by atoms with Gasteiger partial charge in [0.05, 0.1) is 0 Å². The first-order valence-electron chi connectivity index (χ1n) is 14.3. The molecule has 0 aromatic carbocycles. The van der Waals surface area contributed by atoms with Crippen LogP contribution in [0.2, 0.25) is 0 Å². The Bertz CT molecular complexity index is 602. The van der Waals surface area contributed by atoms with Gasteiger partial charge in [-0.3, -0.25) is 0 Å². The average molecular weight is 440 g/mol. The molecule has 4 unspecified atom stereocenters. The van der Waals surface area contributed by atoms with Crippen molar-refractivity contribution in [2.75, 3.05) is 0 Å². The first-order valence-corrected chi connectivity index (χ1v) is 14.3. The summed E-state index contributed by atoms with van der Waals surface area (Å²) in [6.45, 7) is 6.03. The zero-order chi connectivity index (χ0) is 22.1. The van der Waals surface area contributed by atoms with Crippen LogP contribution in [0, 0.1) is 46.8 Å². The fourth-order valence-electron chi connectivity index (χ4n) is 9.93. The van der Waals surface area contributed by atoms with Crippen LogP contribution in [0.15, 0.2) is 12.7 Å². The Morgan fingerprint density at radius 3 is 1.81 bits per heavy atom. The maximum absolute atomic E-state index is 12.5. The Morgan fingerprint density at radius 2 is 1.38 bits per heavy atom. The molecule has 0 saturated heterocycles. The normalized spacial score (nSPS) is 37.8. The molecule has 0 aromatic rings. The van der Waals surface area contributed by atoms with E-state index >= 15 is 0 Å². The summed E-state index contributed by atoms with van der Waals surface area (Å²) in [7, 11) is 0. The molecule has 4 bridgehead atoms. The zero-order valence-electron chi connectivity index (χ0n) is 20.7. The summed E-state index contributed by atoms with van der Waals surface area (Å²) in [5, 5.41) is 0. The van der Waals surface area contributed by atoms with Gasteiger partial charge in [-0.2, -0.15) is 0 Å². The lowest BCUT2D eigenvalue weighted by Gasteiger charge is -2.67. The maximum Gasteiger partial charge on any atom is 0.330 e. The average Bonchev–Trinajstić information content (AvgIpc) is 3.21. The van der Waals surface area contributed by atoms with Crippen molar-refractivity contribution in [2.24, 2.45) is 40.9 Å². The van der Waals surface area contributed by atoms with Crippen molar-refractivity contribution in [3.05, 3.63) is 18.6 Å². The van der Waals surface area contributed by atoms with Gasteiger partial charge in [0.1, 0.15) is 6.10 Å². The summed E-state index contributed by atoms with van der Waals surface area (Å²) in [4.78, 5) is 12.5. The van der Waals surface area contributed by atoms with E-state index < -0.39 is 0 Å². The molecule has 6 aliphatic rings. The van der Waals surface area contributed by atoms with Crippen molar-refractivity contribution in [1.29, 1.82) is 0 Å². The summed E-state index contributed by atoms with van der Waals surface area (Å²) in [6.07, 6.45) is 25.3. The fourth-order valence-corrected chi connectivity index (χ4v) is 9.93. The molecule has 4 atom stereocenters. The fraction of sp³-hybridized carbons (Fsp3) is 0.867. The van der Waals surface area contributed by atoms with Crippen molar-refractivity contribution in [3.63, 3.8) is 0 Å². The second-order valence-corrected chi connectivity index (χ2v) is 12.4. The van der Waals surface area contributed by atoms with Gasteiger partial charge < -0.3 is 4.74 Å². The smallest absolute Gasteiger partial charge is 0.330 e. The van der Waals surface area contributed by atoms with Crippen LogP contribution in [-0.4, -0.2) is 12.1 Å². The van der Waals surface area contributed by atoms with Crippen molar-refractivity contribution in [1.82, 2.24) is 0 Å². The van der Waals surface area contributed by atoms with Crippen molar-refractivity contribution in [3.8, 4) is 0 Å². The van der Waals surface area contributed by atoms with Crippen LogP contribution in [-0.2, 0) is 9.53 Å². The van der Waals surface area contributed by atoms with Crippen LogP contribution in [0.4, 0.5) is 0 Å². The second-order valence-electron chi connectivity index (χ2n) is 12.4. The van der Waals surface area contributed by atoms with E-state index in [1.54, 1.807) is 0 Å². The van der Waals surface area contributed by atoms with E-state index in [0.717, 1.165) is 35.5 Å². The van der Waals surface area contributed by atoms with E-state index in [1.807, 2.05) is 5.92 Å². The molecule has 0 aromatic heterocycles. The number of rotatable bonds is 6. The number of carbonyl (C=O) groups excluding carboxylic acids is 1. The van der Waals surface area contributed by atoms with Crippen molar-refractivity contribution < 1.29 is 9.53 Å². The van der Waals surface area contributed by atoms with Crippen LogP contribution in [0.3, 0.4) is 0 Å². The Kier molecular flexibility index (Phi) is 7.06. The molecule has 6 aliphatic carbocycles. The van der Waals surface area contributed by atoms with Gasteiger partial charge in [-0.25, -0.2) is 4.79 Å². The van der Waals surface area contributed by atoms with Crippen LogP contribution in [0.25, 0.3) is 0 Å². The van der Waals surface area contributed by atoms with Crippen molar-refractivity contribution in [2.45, 2.75) is 122 Å². The molecule has 6 rings (SSSR count). The highest BCUT2D eigenvalue weighted by Gasteiger charge is 2.65. The minimum atomic E-state index is -0.202. The predicted molar refractivity (Wildman–Crippen MR) is 131 cm³/mol. The molecule has 179 valence electrons. The summed E-state index contributed by atoms with van der Waals surface area (Å²) in [6, 6.07) is 0. The third kappa shape index (κ3) is 4.11. The van der Waals surface area contributed by atoms with E-state index in [0.29, 0.717) is 0 Å². The monoisotopic (exact) mass is 439 g/mol. The molecule has 6 saturated carbocycles. The molecule has 0 amide bonds. The van der Waals surface area contributed by atoms with E-state index in [4.69, 9.17) is 4.74 Å². The van der Waals surface area contributed by atoms with Crippen molar-refractivity contribution >= 4 is 5.97 Å². The van der Waals surface area contributed by atoms with E-state index in [2.05, 4.69) is 13.5 Å². The third-order valence-electron chi connectivity index (χ3n) is 10.8. The highest BCUT2D eigenvalue weighted by molar-refractivity contribution is 5.81. The van der Waals surface area contributed by atoms with Crippen LogP contribution in [0.5, 0.6) is 0 Å².